The normalized spacial score (nSPS) is 13.9. The van der Waals surface area contributed by atoms with Crippen molar-refractivity contribution in [3.8, 4) is 0 Å². The predicted octanol–water partition coefficient (Wildman–Crippen LogP) is 0.00430. The Morgan fingerprint density at radius 3 is 2.73 bits per heavy atom. The number of ether oxygens (including phenoxy) is 1. The number of nitrogens with one attached hydrogen (secondary N) is 1. The summed E-state index contributed by atoms with van der Waals surface area (Å²) in [4.78, 5) is 10.6. The first-order valence-corrected chi connectivity index (χ1v) is 4.91. The Morgan fingerprint density at radius 1 is 1.60 bits per heavy atom. The summed E-state index contributed by atoms with van der Waals surface area (Å²) in [5, 5.41) is 20.9. The lowest BCUT2D eigenvalue weighted by atomic mass is 10.2. The number of rotatable bonds is 8. The van der Waals surface area contributed by atoms with Crippen LogP contribution in [0.25, 0.3) is 0 Å². The quantitative estimate of drug-likeness (QED) is 0.394. The fraction of sp³-hybridized carbons (Fsp3) is 0.700. The molecule has 0 aromatic rings. The fourth-order valence-corrected chi connectivity index (χ4v) is 1.08. The van der Waals surface area contributed by atoms with Crippen LogP contribution in [0, 0.1) is 0 Å². The molecule has 0 saturated heterocycles. The summed E-state index contributed by atoms with van der Waals surface area (Å²) in [6, 6.07) is 0. The van der Waals surface area contributed by atoms with Gasteiger partial charge in [0.1, 0.15) is 0 Å². The van der Waals surface area contributed by atoms with E-state index in [1.165, 1.54) is 7.11 Å². The molecule has 1 atom stereocenters. The molecule has 0 aromatic heterocycles. The Labute approximate surface area is 89.7 Å². The van der Waals surface area contributed by atoms with Crippen LogP contribution < -0.4 is 5.32 Å². The molecule has 0 heterocycles. The molecular weight excluding hydrogens is 198 g/mol. The van der Waals surface area contributed by atoms with Crippen molar-refractivity contribution in [1.29, 1.82) is 0 Å². The molecule has 1 unspecified atom stereocenters. The van der Waals surface area contributed by atoms with Crippen LogP contribution in [-0.4, -0.2) is 49.1 Å². The first-order chi connectivity index (χ1) is 7.11. The second-order valence-electron chi connectivity index (χ2n) is 3.16. The van der Waals surface area contributed by atoms with Gasteiger partial charge in [0.05, 0.1) is 12.7 Å². The van der Waals surface area contributed by atoms with Gasteiger partial charge in [-0.25, -0.2) is 4.79 Å². The van der Waals surface area contributed by atoms with Crippen LogP contribution in [0.4, 0.5) is 0 Å². The van der Waals surface area contributed by atoms with Crippen LogP contribution in [0.15, 0.2) is 11.6 Å². The fourth-order valence-electron chi connectivity index (χ4n) is 1.08. The highest BCUT2D eigenvalue weighted by molar-refractivity contribution is 5.86. The molecule has 0 aliphatic rings. The number of aliphatic hydroxyl groups is 1. The first kappa shape index (κ1) is 14.1. The third-order valence-electron chi connectivity index (χ3n) is 1.89. The van der Waals surface area contributed by atoms with Gasteiger partial charge in [0.15, 0.2) is 0 Å². The van der Waals surface area contributed by atoms with Gasteiger partial charge in [0, 0.05) is 25.8 Å². The lowest BCUT2D eigenvalue weighted by Gasteiger charge is -2.09. The van der Waals surface area contributed by atoms with E-state index in [-0.39, 0.29) is 6.61 Å². The molecule has 0 radical (unpaired) electrons. The summed E-state index contributed by atoms with van der Waals surface area (Å²) in [5.74, 6) is -0.892. The van der Waals surface area contributed by atoms with Gasteiger partial charge in [0.25, 0.3) is 0 Å². The molecule has 5 heteroatoms. The zero-order valence-electron chi connectivity index (χ0n) is 9.19. The standard InChI is InChI=1S/C10H19NO4/c1-3-8(10(13)14)4-5-11-6-9(12)7-15-2/h4,9,11-12H,3,5-7H2,1-2H3,(H,13,14). The zero-order valence-corrected chi connectivity index (χ0v) is 9.19. The van der Waals surface area contributed by atoms with Gasteiger partial charge in [-0.05, 0) is 6.42 Å². The lowest BCUT2D eigenvalue weighted by molar-refractivity contribution is -0.132. The third-order valence-corrected chi connectivity index (χ3v) is 1.89. The van der Waals surface area contributed by atoms with E-state index in [1.807, 2.05) is 0 Å². The minimum absolute atomic E-state index is 0.274. The molecule has 0 bridgehead atoms. The zero-order chi connectivity index (χ0) is 11.7. The molecule has 0 spiro atoms. The van der Waals surface area contributed by atoms with Crippen molar-refractivity contribution in [2.24, 2.45) is 0 Å². The van der Waals surface area contributed by atoms with E-state index in [0.29, 0.717) is 25.1 Å². The minimum Gasteiger partial charge on any atom is -0.478 e. The lowest BCUT2D eigenvalue weighted by Crippen LogP contribution is -2.30. The molecule has 0 rings (SSSR count). The number of aliphatic hydroxyl groups excluding tert-OH is 1. The van der Waals surface area contributed by atoms with E-state index in [4.69, 9.17) is 9.84 Å². The molecule has 0 aliphatic heterocycles. The topological polar surface area (TPSA) is 78.8 Å². The van der Waals surface area contributed by atoms with Crippen molar-refractivity contribution in [3.05, 3.63) is 11.6 Å². The van der Waals surface area contributed by atoms with E-state index in [9.17, 15) is 9.90 Å². The maximum Gasteiger partial charge on any atom is 0.331 e. The van der Waals surface area contributed by atoms with Gasteiger partial charge in [-0.15, -0.1) is 0 Å². The van der Waals surface area contributed by atoms with Crippen LogP contribution in [0.3, 0.4) is 0 Å². The molecule has 3 N–H and O–H groups in total. The Bertz CT molecular complexity index is 215. The SMILES string of the molecule is CCC(=CCNCC(O)COC)C(=O)O. The number of methoxy groups -OCH3 is 1. The van der Waals surface area contributed by atoms with Crippen LogP contribution in [0.2, 0.25) is 0 Å². The highest BCUT2D eigenvalue weighted by atomic mass is 16.5. The summed E-state index contributed by atoms with van der Waals surface area (Å²) in [7, 11) is 1.52. The summed E-state index contributed by atoms with van der Waals surface area (Å²) >= 11 is 0. The average molecular weight is 217 g/mol. The summed E-state index contributed by atoms with van der Waals surface area (Å²) in [6.07, 6.45) is 1.55. The van der Waals surface area contributed by atoms with Crippen molar-refractivity contribution in [2.75, 3.05) is 26.8 Å². The van der Waals surface area contributed by atoms with Crippen molar-refractivity contribution in [2.45, 2.75) is 19.4 Å². The Hall–Kier alpha value is -0.910. The second-order valence-corrected chi connectivity index (χ2v) is 3.16. The highest BCUT2D eigenvalue weighted by Crippen LogP contribution is 1.98. The van der Waals surface area contributed by atoms with Crippen LogP contribution in [0.1, 0.15) is 13.3 Å². The molecule has 0 amide bonds. The van der Waals surface area contributed by atoms with Gasteiger partial charge in [0.2, 0.25) is 0 Å². The van der Waals surface area contributed by atoms with Gasteiger partial charge in [-0.3, -0.25) is 0 Å². The largest absolute Gasteiger partial charge is 0.478 e. The Balaban J connectivity index is 3.72. The van der Waals surface area contributed by atoms with Crippen LogP contribution >= 0.6 is 0 Å². The number of carbonyl (C=O) groups is 1. The van der Waals surface area contributed by atoms with E-state index in [0.717, 1.165) is 0 Å². The summed E-state index contributed by atoms with van der Waals surface area (Å²) in [6.45, 7) is 2.90. The summed E-state index contributed by atoms with van der Waals surface area (Å²) in [5.41, 5.74) is 0.378. The van der Waals surface area contributed by atoms with Crippen LogP contribution in [0.5, 0.6) is 0 Å². The van der Waals surface area contributed by atoms with Gasteiger partial charge >= 0.3 is 5.97 Å². The number of carboxylic acids is 1. The average Bonchev–Trinajstić information content (AvgIpc) is 2.17. The maximum atomic E-state index is 10.6. The van der Waals surface area contributed by atoms with Crippen molar-refractivity contribution in [1.82, 2.24) is 5.32 Å². The maximum absolute atomic E-state index is 10.6. The smallest absolute Gasteiger partial charge is 0.331 e. The Morgan fingerprint density at radius 2 is 2.27 bits per heavy atom. The molecule has 0 aliphatic carbocycles. The van der Waals surface area contributed by atoms with E-state index in [2.05, 4.69) is 5.32 Å². The molecule has 15 heavy (non-hydrogen) atoms. The van der Waals surface area contributed by atoms with Gasteiger partial charge in [-0.2, -0.15) is 0 Å². The molecule has 0 saturated carbocycles. The summed E-state index contributed by atoms with van der Waals surface area (Å²) < 4.78 is 4.74. The molecule has 5 nitrogen and oxygen atoms in total. The van der Waals surface area contributed by atoms with E-state index in [1.54, 1.807) is 13.0 Å². The van der Waals surface area contributed by atoms with Crippen LogP contribution in [-0.2, 0) is 9.53 Å². The highest BCUT2D eigenvalue weighted by Gasteiger charge is 2.04. The number of hydrogen-bond acceptors (Lipinski definition) is 4. The number of aliphatic carboxylic acids is 1. The number of hydrogen-bond donors (Lipinski definition) is 3. The predicted molar refractivity (Wildman–Crippen MR) is 56.8 cm³/mol. The Kier molecular flexibility index (Phi) is 7.89. The van der Waals surface area contributed by atoms with Crippen molar-refractivity contribution >= 4 is 5.97 Å². The number of carboxylic acid groups (broad SMARTS) is 1. The minimum atomic E-state index is -0.892. The third kappa shape index (κ3) is 7.07. The monoisotopic (exact) mass is 217 g/mol. The van der Waals surface area contributed by atoms with E-state index < -0.39 is 12.1 Å². The van der Waals surface area contributed by atoms with E-state index >= 15 is 0 Å². The van der Waals surface area contributed by atoms with Gasteiger partial charge < -0.3 is 20.3 Å². The van der Waals surface area contributed by atoms with Crippen molar-refractivity contribution < 1.29 is 19.7 Å². The molecular formula is C10H19NO4. The molecule has 0 aromatic carbocycles. The molecule has 0 fully saturated rings. The first-order valence-electron chi connectivity index (χ1n) is 4.91. The molecule has 88 valence electrons. The van der Waals surface area contributed by atoms with Crippen molar-refractivity contribution in [3.63, 3.8) is 0 Å². The van der Waals surface area contributed by atoms with Gasteiger partial charge in [-0.1, -0.05) is 13.0 Å². The second kappa shape index (κ2) is 8.40.